The molecule has 1 aromatic carbocycles. The van der Waals surface area contributed by atoms with E-state index in [1.807, 2.05) is 6.92 Å². The molecule has 0 atom stereocenters. The number of primary sulfonamides is 1. The van der Waals surface area contributed by atoms with E-state index in [-0.39, 0.29) is 10.9 Å². The van der Waals surface area contributed by atoms with E-state index in [0.717, 1.165) is 18.4 Å². The normalized spacial score (nSPS) is 11.1. The molecular weight excluding hydrogens is 380 g/mol. The van der Waals surface area contributed by atoms with Gasteiger partial charge in [0.2, 0.25) is 10.0 Å². The third kappa shape index (κ3) is 5.89. The van der Waals surface area contributed by atoms with Crippen molar-refractivity contribution in [2.24, 2.45) is 5.14 Å². The number of rotatable bonds is 11. The number of unbranched alkanes of at least 4 members (excludes halogenated alkanes) is 1. The fourth-order valence-electron chi connectivity index (χ4n) is 2.38. The van der Waals surface area contributed by atoms with Crippen LogP contribution in [-0.2, 0) is 16.6 Å². The van der Waals surface area contributed by atoms with Crippen LogP contribution in [0, 0.1) is 5.41 Å². The summed E-state index contributed by atoms with van der Waals surface area (Å²) >= 11 is 0. The van der Waals surface area contributed by atoms with Crippen LogP contribution in [-0.4, -0.2) is 37.8 Å². The summed E-state index contributed by atoms with van der Waals surface area (Å²) in [5, 5.41) is 19.1. The standard InChI is InChI=1S/C18H26N6O3S/c1-3-5-10-27-18-23-16(21-4-2)15(11-19)17(24-18)22-12-13-6-8-14(9-7-13)28(20,25)26/h6-9,11,19H,3-5,10,12H2,1-2H3,(H2,20,25,26)(H2,21,22,23,24). The van der Waals surface area contributed by atoms with Gasteiger partial charge in [-0.3, -0.25) is 0 Å². The number of nitrogens with two attached hydrogens (primary N) is 1. The summed E-state index contributed by atoms with van der Waals surface area (Å²) < 4.78 is 28.3. The largest absolute Gasteiger partial charge is 0.463 e. The highest BCUT2D eigenvalue weighted by atomic mass is 32.2. The lowest BCUT2D eigenvalue weighted by molar-refractivity contribution is 0.286. The molecule has 0 saturated heterocycles. The van der Waals surface area contributed by atoms with Gasteiger partial charge in [-0.15, -0.1) is 0 Å². The van der Waals surface area contributed by atoms with E-state index in [1.165, 1.54) is 18.3 Å². The van der Waals surface area contributed by atoms with Crippen LogP contribution in [0.15, 0.2) is 29.2 Å². The van der Waals surface area contributed by atoms with Crippen molar-refractivity contribution < 1.29 is 13.2 Å². The molecule has 0 aliphatic heterocycles. The van der Waals surface area contributed by atoms with Crippen LogP contribution in [0.1, 0.15) is 37.8 Å². The third-order valence-corrected chi connectivity index (χ3v) is 4.78. The van der Waals surface area contributed by atoms with Crippen LogP contribution in [0.25, 0.3) is 0 Å². The summed E-state index contributed by atoms with van der Waals surface area (Å²) in [6.07, 6.45) is 3.07. The summed E-state index contributed by atoms with van der Waals surface area (Å²) in [5.41, 5.74) is 1.35. The number of hydrogen-bond acceptors (Lipinski definition) is 8. The molecule has 152 valence electrons. The van der Waals surface area contributed by atoms with Crippen LogP contribution in [0.3, 0.4) is 0 Å². The Morgan fingerprint density at radius 1 is 1.14 bits per heavy atom. The van der Waals surface area contributed by atoms with Crippen LogP contribution >= 0.6 is 0 Å². The van der Waals surface area contributed by atoms with Crippen molar-refractivity contribution in [2.45, 2.75) is 38.1 Å². The fourth-order valence-corrected chi connectivity index (χ4v) is 2.89. The zero-order chi connectivity index (χ0) is 20.6. The van der Waals surface area contributed by atoms with Gasteiger partial charge in [0.25, 0.3) is 0 Å². The number of aromatic nitrogens is 2. The highest BCUT2D eigenvalue weighted by Crippen LogP contribution is 2.23. The molecule has 0 aliphatic carbocycles. The number of nitrogens with one attached hydrogen (secondary N) is 3. The van der Waals surface area contributed by atoms with Crippen molar-refractivity contribution in [2.75, 3.05) is 23.8 Å². The van der Waals surface area contributed by atoms with Gasteiger partial charge in [-0.1, -0.05) is 25.5 Å². The number of ether oxygens (including phenoxy) is 1. The maximum absolute atomic E-state index is 11.4. The minimum absolute atomic E-state index is 0.0551. The summed E-state index contributed by atoms with van der Waals surface area (Å²) in [6.45, 7) is 5.54. The van der Waals surface area contributed by atoms with Gasteiger partial charge >= 0.3 is 6.01 Å². The zero-order valence-corrected chi connectivity index (χ0v) is 16.8. The van der Waals surface area contributed by atoms with Gasteiger partial charge in [0.05, 0.1) is 17.1 Å². The van der Waals surface area contributed by atoms with Gasteiger partial charge in [-0.2, -0.15) is 9.97 Å². The second-order valence-corrected chi connectivity index (χ2v) is 7.60. The molecule has 5 N–H and O–H groups in total. The van der Waals surface area contributed by atoms with E-state index < -0.39 is 10.0 Å². The van der Waals surface area contributed by atoms with Gasteiger partial charge in [-0.05, 0) is 31.0 Å². The maximum atomic E-state index is 11.4. The number of nitrogens with zero attached hydrogens (tertiary/aromatic N) is 2. The molecule has 10 heteroatoms. The number of sulfonamides is 1. The Morgan fingerprint density at radius 3 is 2.32 bits per heavy atom. The van der Waals surface area contributed by atoms with Crippen molar-refractivity contribution in [3.63, 3.8) is 0 Å². The van der Waals surface area contributed by atoms with Gasteiger partial charge < -0.3 is 20.8 Å². The highest BCUT2D eigenvalue weighted by molar-refractivity contribution is 7.89. The van der Waals surface area contributed by atoms with E-state index in [0.29, 0.717) is 36.9 Å². The van der Waals surface area contributed by atoms with E-state index in [1.54, 1.807) is 12.1 Å². The molecule has 0 spiro atoms. The predicted molar refractivity (Wildman–Crippen MR) is 110 cm³/mol. The Kier molecular flexibility index (Phi) is 7.70. The van der Waals surface area contributed by atoms with Gasteiger partial charge in [-0.25, -0.2) is 13.6 Å². The third-order valence-electron chi connectivity index (χ3n) is 3.85. The Labute approximate surface area is 165 Å². The van der Waals surface area contributed by atoms with E-state index in [2.05, 4.69) is 27.5 Å². The molecule has 0 saturated carbocycles. The molecule has 2 aromatic rings. The molecule has 0 radical (unpaired) electrons. The summed E-state index contributed by atoms with van der Waals surface area (Å²) in [7, 11) is -3.72. The SMILES string of the molecule is CCCCOc1nc(NCC)c(C=N)c(NCc2ccc(S(N)(=O)=O)cc2)n1. The summed E-state index contributed by atoms with van der Waals surface area (Å²) in [4.78, 5) is 8.78. The molecule has 2 rings (SSSR count). The summed E-state index contributed by atoms with van der Waals surface area (Å²) in [5.74, 6) is 0.981. The van der Waals surface area contributed by atoms with Crippen molar-refractivity contribution >= 4 is 27.9 Å². The van der Waals surface area contributed by atoms with Crippen LogP contribution in [0.5, 0.6) is 6.01 Å². The van der Waals surface area contributed by atoms with Crippen LogP contribution in [0.4, 0.5) is 11.6 Å². The Morgan fingerprint density at radius 2 is 1.79 bits per heavy atom. The molecule has 0 amide bonds. The predicted octanol–water partition coefficient (Wildman–Crippen LogP) is 2.34. The summed E-state index contributed by atoms with van der Waals surface area (Å²) in [6, 6.07) is 6.48. The Balaban J connectivity index is 2.23. The first kappa shape index (κ1) is 21.6. The molecular formula is C18H26N6O3S. The Hall–Kier alpha value is -2.72. The second kappa shape index (κ2) is 10.00. The molecule has 28 heavy (non-hydrogen) atoms. The number of hydrogen-bond donors (Lipinski definition) is 4. The first-order valence-electron chi connectivity index (χ1n) is 9.03. The monoisotopic (exact) mass is 406 g/mol. The second-order valence-electron chi connectivity index (χ2n) is 6.04. The number of benzene rings is 1. The molecule has 1 aromatic heterocycles. The van der Waals surface area contributed by atoms with Crippen LogP contribution in [0.2, 0.25) is 0 Å². The van der Waals surface area contributed by atoms with E-state index >= 15 is 0 Å². The smallest absolute Gasteiger partial charge is 0.320 e. The first-order valence-corrected chi connectivity index (χ1v) is 10.6. The average molecular weight is 407 g/mol. The molecule has 0 bridgehead atoms. The average Bonchev–Trinajstić information content (AvgIpc) is 2.66. The quantitative estimate of drug-likeness (QED) is 0.331. The highest BCUT2D eigenvalue weighted by Gasteiger charge is 2.14. The van der Waals surface area contributed by atoms with Gasteiger partial charge in [0.15, 0.2) is 0 Å². The van der Waals surface area contributed by atoms with Crippen molar-refractivity contribution in [3.05, 3.63) is 35.4 Å². The van der Waals surface area contributed by atoms with Crippen molar-refractivity contribution in [1.82, 2.24) is 9.97 Å². The minimum atomic E-state index is -3.72. The molecule has 1 heterocycles. The molecule has 0 aliphatic rings. The van der Waals surface area contributed by atoms with Crippen LogP contribution < -0.4 is 20.5 Å². The van der Waals surface area contributed by atoms with Gasteiger partial charge in [0, 0.05) is 19.3 Å². The molecule has 9 nitrogen and oxygen atoms in total. The zero-order valence-electron chi connectivity index (χ0n) is 16.0. The molecule has 0 fully saturated rings. The maximum Gasteiger partial charge on any atom is 0.320 e. The fraction of sp³-hybridized carbons (Fsp3) is 0.389. The lowest BCUT2D eigenvalue weighted by Crippen LogP contribution is -2.13. The van der Waals surface area contributed by atoms with Crippen molar-refractivity contribution in [3.8, 4) is 6.01 Å². The van der Waals surface area contributed by atoms with E-state index in [4.69, 9.17) is 15.3 Å². The lowest BCUT2D eigenvalue weighted by atomic mass is 10.2. The van der Waals surface area contributed by atoms with Gasteiger partial charge in [0.1, 0.15) is 11.6 Å². The Bertz CT molecular complexity index is 900. The topological polar surface area (TPSA) is 143 Å². The lowest BCUT2D eigenvalue weighted by Gasteiger charge is -2.15. The minimum Gasteiger partial charge on any atom is -0.463 e. The van der Waals surface area contributed by atoms with Crippen molar-refractivity contribution in [1.29, 1.82) is 5.41 Å². The van der Waals surface area contributed by atoms with E-state index in [9.17, 15) is 8.42 Å². The number of anilines is 2. The first-order chi connectivity index (χ1) is 13.4. The molecule has 0 unspecified atom stereocenters.